The minimum atomic E-state index is 0.951. The molecule has 0 N–H and O–H groups in total. The van der Waals surface area contributed by atoms with Crippen molar-refractivity contribution >= 4 is 0 Å². The first-order chi connectivity index (χ1) is 7.29. The van der Waals surface area contributed by atoms with E-state index in [1.54, 1.807) is 64.2 Å². The maximum absolute atomic E-state index is 1.65. The molecule has 6 saturated carbocycles. The van der Waals surface area contributed by atoms with Gasteiger partial charge in [-0.2, -0.15) is 0 Å². The summed E-state index contributed by atoms with van der Waals surface area (Å²) >= 11 is 0. The number of hydrogen-bond acceptors (Lipinski definition) is 0. The van der Waals surface area contributed by atoms with Crippen molar-refractivity contribution in [2.75, 3.05) is 0 Å². The summed E-state index contributed by atoms with van der Waals surface area (Å²) in [5.41, 5.74) is 4.76. The Morgan fingerprint density at radius 2 is 0.400 bits per heavy atom. The van der Waals surface area contributed by atoms with Crippen LogP contribution in [0.4, 0.5) is 0 Å². The van der Waals surface area contributed by atoms with Crippen molar-refractivity contribution in [3.8, 4) is 0 Å². The third-order valence-corrected chi connectivity index (χ3v) is 8.33. The maximum atomic E-state index is 1.65. The van der Waals surface area contributed by atoms with Gasteiger partial charge >= 0.3 is 0 Å². The van der Waals surface area contributed by atoms with E-state index in [1.165, 1.54) is 0 Å². The lowest BCUT2D eigenvalue weighted by Crippen LogP contribution is -2.21. The molecule has 6 rings (SSSR count). The van der Waals surface area contributed by atoms with Gasteiger partial charge in [-0.25, -0.2) is 0 Å². The van der Waals surface area contributed by atoms with Gasteiger partial charge in [0.1, 0.15) is 0 Å². The Kier molecular flexibility index (Phi) is 0.725. The zero-order chi connectivity index (χ0) is 9.57. The topological polar surface area (TPSA) is 0 Å². The van der Waals surface area contributed by atoms with Gasteiger partial charge in [0.15, 0.2) is 0 Å². The molecule has 0 atom stereocenters. The summed E-state index contributed by atoms with van der Waals surface area (Å²) in [7, 11) is 0. The Balaban J connectivity index is 1.72. The standard InChI is InChI=1S/C15H20/c1-2-11(1)12(3-4-12)14(7-8-14)15(9-10-15)13(11)5-6-13/h1-10H2. The van der Waals surface area contributed by atoms with E-state index in [1.807, 2.05) is 0 Å². The van der Waals surface area contributed by atoms with Crippen LogP contribution in [0.2, 0.25) is 0 Å². The predicted molar refractivity (Wildman–Crippen MR) is 58.3 cm³/mol. The van der Waals surface area contributed by atoms with Crippen molar-refractivity contribution in [1.82, 2.24) is 0 Å². The van der Waals surface area contributed by atoms with Gasteiger partial charge in [0.2, 0.25) is 0 Å². The van der Waals surface area contributed by atoms with Crippen molar-refractivity contribution < 1.29 is 0 Å². The summed E-state index contributed by atoms with van der Waals surface area (Å²) in [5, 5.41) is 0. The predicted octanol–water partition coefficient (Wildman–Crippen LogP) is 3.90. The van der Waals surface area contributed by atoms with Gasteiger partial charge in [0.05, 0.1) is 0 Å². The molecule has 0 saturated heterocycles. The van der Waals surface area contributed by atoms with Crippen LogP contribution in [0.3, 0.4) is 0 Å². The summed E-state index contributed by atoms with van der Waals surface area (Å²) in [5.74, 6) is 0. The molecule has 0 bridgehead atoms. The molecule has 0 nitrogen and oxygen atoms in total. The lowest BCUT2D eigenvalue weighted by atomic mass is 9.78. The Hall–Kier alpha value is 0. The van der Waals surface area contributed by atoms with Crippen LogP contribution in [0.1, 0.15) is 64.2 Å². The fourth-order valence-corrected chi connectivity index (χ4v) is 7.70. The van der Waals surface area contributed by atoms with E-state index in [-0.39, 0.29) is 0 Å². The van der Waals surface area contributed by atoms with Crippen LogP contribution in [0.15, 0.2) is 0 Å². The van der Waals surface area contributed by atoms with E-state index in [0.29, 0.717) is 0 Å². The molecular weight excluding hydrogens is 180 g/mol. The van der Waals surface area contributed by atoms with Gasteiger partial charge in [-0.15, -0.1) is 0 Å². The van der Waals surface area contributed by atoms with E-state index < -0.39 is 0 Å². The molecule has 0 heterocycles. The third-order valence-electron chi connectivity index (χ3n) is 8.33. The van der Waals surface area contributed by atoms with Gasteiger partial charge in [0, 0.05) is 0 Å². The van der Waals surface area contributed by atoms with Crippen LogP contribution < -0.4 is 0 Å². The molecule has 5 spiro atoms. The molecule has 0 amide bonds. The molecule has 0 aromatic carbocycles. The second kappa shape index (κ2) is 1.48. The molecule has 0 aromatic rings. The Bertz CT molecular complexity index is 283. The van der Waals surface area contributed by atoms with E-state index in [2.05, 4.69) is 0 Å². The van der Waals surface area contributed by atoms with Crippen LogP contribution in [-0.2, 0) is 0 Å². The quantitative estimate of drug-likeness (QED) is 0.556. The van der Waals surface area contributed by atoms with E-state index in [0.717, 1.165) is 27.1 Å². The van der Waals surface area contributed by atoms with Gasteiger partial charge in [-0.1, -0.05) is 0 Å². The van der Waals surface area contributed by atoms with Crippen molar-refractivity contribution in [2.24, 2.45) is 27.1 Å². The fraction of sp³-hybridized carbons (Fsp3) is 1.00. The monoisotopic (exact) mass is 200 g/mol. The summed E-state index contributed by atoms with van der Waals surface area (Å²) < 4.78 is 0. The van der Waals surface area contributed by atoms with Crippen LogP contribution in [-0.4, -0.2) is 0 Å². The fourth-order valence-electron chi connectivity index (χ4n) is 7.70. The first kappa shape index (κ1) is 7.35. The minimum Gasteiger partial charge on any atom is -0.0459 e. The zero-order valence-corrected chi connectivity index (χ0v) is 9.57. The zero-order valence-electron chi connectivity index (χ0n) is 9.57. The number of rotatable bonds is 0. The summed E-state index contributed by atoms with van der Waals surface area (Å²) in [6.45, 7) is 0. The first-order valence-corrected chi connectivity index (χ1v) is 7.29. The Labute approximate surface area is 91.8 Å². The number of hydrogen-bond donors (Lipinski definition) is 0. The molecule has 6 aliphatic carbocycles. The molecule has 0 aliphatic heterocycles. The molecule has 80 valence electrons. The maximum Gasteiger partial charge on any atom is -0.0173 e. The summed E-state index contributed by atoms with van der Waals surface area (Å²) in [6, 6.07) is 0. The molecule has 0 radical (unpaired) electrons. The van der Waals surface area contributed by atoms with E-state index in [4.69, 9.17) is 0 Å². The smallest absolute Gasteiger partial charge is 0.0173 e. The van der Waals surface area contributed by atoms with Gasteiger partial charge in [-0.05, 0) is 91.3 Å². The van der Waals surface area contributed by atoms with Crippen LogP contribution in [0.5, 0.6) is 0 Å². The molecule has 0 unspecified atom stereocenters. The molecular formula is C15H20. The molecule has 6 aliphatic rings. The SMILES string of the molecule is C1CC12C1(CC1)C1(CC1)C1(CC1)C21CC1. The highest BCUT2D eigenvalue weighted by molar-refractivity contribution is 5.47. The second-order valence-electron chi connectivity index (χ2n) is 7.91. The lowest BCUT2D eigenvalue weighted by molar-refractivity contribution is 0.209. The van der Waals surface area contributed by atoms with Gasteiger partial charge in [0.25, 0.3) is 0 Å². The van der Waals surface area contributed by atoms with Gasteiger partial charge in [-0.3, -0.25) is 0 Å². The molecule has 15 heavy (non-hydrogen) atoms. The van der Waals surface area contributed by atoms with Crippen LogP contribution >= 0.6 is 0 Å². The Morgan fingerprint density at radius 1 is 0.267 bits per heavy atom. The first-order valence-electron chi connectivity index (χ1n) is 7.29. The highest BCUT2D eigenvalue weighted by atomic mass is 15.0. The average Bonchev–Trinajstić information content (AvgIpc) is 3.11. The largest absolute Gasteiger partial charge is 0.0459 e. The summed E-state index contributed by atoms with van der Waals surface area (Å²) in [6.07, 6.45) is 16.5. The van der Waals surface area contributed by atoms with Crippen molar-refractivity contribution in [3.63, 3.8) is 0 Å². The lowest BCUT2D eigenvalue weighted by Gasteiger charge is -2.26. The second-order valence-corrected chi connectivity index (χ2v) is 7.91. The van der Waals surface area contributed by atoms with E-state index >= 15 is 0 Å². The van der Waals surface area contributed by atoms with Crippen LogP contribution in [0.25, 0.3) is 0 Å². The average molecular weight is 200 g/mol. The van der Waals surface area contributed by atoms with E-state index in [9.17, 15) is 0 Å². The Morgan fingerprint density at radius 3 is 0.467 bits per heavy atom. The number of fused-ring (bicyclic) bond motifs is 5. The van der Waals surface area contributed by atoms with Crippen molar-refractivity contribution in [2.45, 2.75) is 64.2 Å². The summed E-state index contributed by atoms with van der Waals surface area (Å²) in [4.78, 5) is 0. The van der Waals surface area contributed by atoms with Crippen molar-refractivity contribution in [3.05, 3.63) is 0 Å². The highest BCUT2D eigenvalue weighted by Crippen LogP contribution is 3.06. The molecule has 0 aromatic heterocycles. The van der Waals surface area contributed by atoms with Crippen molar-refractivity contribution in [1.29, 1.82) is 0 Å². The normalized spacial score (nSPS) is 48.0. The molecule has 6 fully saturated rings. The van der Waals surface area contributed by atoms with Crippen LogP contribution in [0, 0.1) is 27.1 Å². The third kappa shape index (κ3) is 0.411. The highest BCUT2D eigenvalue weighted by Gasteiger charge is 2.98. The minimum absolute atomic E-state index is 0.951. The molecule has 0 heteroatoms. The van der Waals surface area contributed by atoms with Gasteiger partial charge < -0.3 is 0 Å².